The summed E-state index contributed by atoms with van der Waals surface area (Å²) in [5.41, 5.74) is -1.57. The second kappa shape index (κ2) is 7.20. The van der Waals surface area contributed by atoms with Crippen LogP contribution in [0.5, 0.6) is 0 Å². The number of rotatable bonds is 4. The van der Waals surface area contributed by atoms with Crippen LogP contribution in [-0.4, -0.2) is 73.1 Å². The van der Waals surface area contributed by atoms with E-state index in [1.165, 1.54) is 12.0 Å². The van der Waals surface area contributed by atoms with Gasteiger partial charge >= 0.3 is 12.1 Å². The first-order valence-electron chi connectivity index (χ1n) is 9.22. The van der Waals surface area contributed by atoms with Crippen molar-refractivity contribution in [2.24, 2.45) is 5.92 Å². The molecule has 0 aromatic carbocycles. The Labute approximate surface area is 166 Å². The van der Waals surface area contributed by atoms with Gasteiger partial charge in [0.2, 0.25) is 5.91 Å². The highest BCUT2D eigenvalue weighted by Gasteiger charge is 2.65. The quantitative estimate of drug-likeness (QED) is 0.673. The highest BCUT2D eigenvalue weighted by molar-refractivity contribution is 7.93. The second-order valence-electron chi connectivity index (χ2n) is 9.19. The molecule has 2 amide bonds. The lowest BCUT2D eigenvalue weighted by Crippen LogP contribution is -2.70. The van der Waals surface area contributed by atoms with E-state index in [9.17, 15) is 22.8 Å². The minimum Gasteiger partial charge on any atom is -0.469 e. The largest absolute Gasteiger partial charge is 0.469 e. The molecule has 2 heterocycles. The van der Waals surface area contributed by atoms with Crippen LogP contribution in [0.15, 0.2) is 0 Å². The average molecular weight is 419 g/mol. The third kappa shape index (κ3) is 4.42. The Morgan fingerprint density at radius 2 is 1.71 bits per heavy atom. The van der Waals surface area contributed by atoms with Crippen LogP contribution >= 0.6 is 0 Å². The van der Waals surface area contributed by atoms with E-state index >= 15 is 0 Å². The van der Waals surface area contributed by atoms with Crippen molar-refractivity contribution in [2.75, 3.05) is 26.0 Å². The van der Waals surface area contributed by atoms with Gasteiger partial charge in [-0.05, 0) is 41.0 Å². The molecule has 1 unspecified atom stereocenters. The number of nitrogens with zero attached hydrogens (tertiary/aromatic N) is 1. The van der Waals surface area contributed by atoms with Gasteiger partial charge in [-0.15, -0.1) is 0 Å². The third-order valence-electron chi connectivity index (χ3n) is 5.09. The Kier molecular flexibility index (Phi) is 5.77. The molecule has 1 N–H and O–H groups in total. The summed E-state index contributed by atoms with van der Waals surface area (Å²) in [7, 11) is -2.28. The number of nitrogens with one attached hydrogen (secondary N) is 1. The number of esters is 1. The summed E-state index contributed by atoms with van der Waals surface area (Å²) in [6.07, 6.45) is -0.443. The molecule has 10 heteroatoms. The van der Waals surface area contributed by atoms with Crippen molar-refractivity contribution in [3.63, 3.8) is 0 Å². The maximum atomic E-state index is 12.9. The molecule has 2 rings (SSSR count). The molecule has 2 aliphatic rings. The zero-order valence-electron chi connectivity index (χ0n) is 17.3. The van der Waals surface area contributed by atoms with E-state index in [1.807, 2.05) is 0 Å². The Hall–Kier alpha value is -1.84. The van der Waals surface area contributed by atoms with E-state index in [2.05, 4.69) is 10.1 Å². The summed E-state index contributed by atoms with van der Waals surface area (Å²) in [5, 5.41) is 2.77. The Bertz CT molecular complexity index is 761. The minimum absolute atomic E-state index is 0.0360. The topological polar surface area (TPSA) is 119 Å². The van der Waals surface area contributed by atoms with Crippen LogP contribution in [0.3, 0.4) is 0 Å². The fourth-order valence-electron chi connectivity index (χ4n) is 3.70. The van der Waals surface area contributed by atoms with Crippen molar-refractivity contribution in [3.05, 3.63) is 0 Å². The minimum atomic E-state index is -3.54. The van der Waals surface area contributed by atoms with Crippen LogP contribution in [0.4, 0.5) is 4.79 Å². The number of hydrogen-bond donors (Lipinski definition) is 1. The fraction of sp³-hybridized carbons (Fsp3) is 0.833. The zero-order valence-corrected chi connectivity index (χ0v) is 18.1. The number of ether oxygens (including phenoxy) is 2. The van der Waals surface area contributed by atoms with E-state index in [-0.39, 0.29) is 31.7 Å². The van der Waals surface area contributed by atoms with Gasteiger partial charge in [-0.1, -0.05) is 0 Å². The summed E-state index contributed by atoms with van der Waals surface area (Å²) < 4.78 is 34.0. The number of methoxy groups -OCH3 is 1. The lowest BCUT2D eigenvalue weighted by molar-refractivity contribution is -0.142. The second-order valence-corrected chi connectivity index (χ2v) is 11.6. The van der Waals surface area contributed by atoms with Gasteiger partial charge in [-0.2, -0.15) is 0 Å². The third-order valence-corrected chi connectivity index (χ3v) is 7.65. The van der Waals surface area contributed by atoms with E-state index in [1.54, 1.807) is 34.6 Å². The molecule has 2 fully saturated rings. The van der Waals surface area contributed by atoms with E-state index in [4.69, 9.17) is 4.74 Å². The predicted molar refractivity (Wildman–Crippen MR) is 101 cm³/mol. The van der Waals surface area contributed by atoms with Crippen LogP contribution in [0, 0.1) is 5.92 Å². The molecule has 0 saturated carbocycles. The van der Waals surface area contributed by atoms with E-state index in [0.717, 1.165) is 0 Å². The van der Waals surface area contributed by atoms with Gasteiger partial charge < -0.3 is 19.7 Å². The number of carbonyl (C=O) groups is 3. The van der Waals surface area contributed by atoms with E-state index in [0.29, 0.717) is 0 Å². The molecular weight excluding hydrogens is 388 g/mol. The smallest absolute Gasteiger partial charge is 0.410 e. The monoisotopic (exact) mass is 418 g/mol. The van der Waals surface area contributed by atoms with Crippen molar-refractivity contribution in [1.29, 1.82) is 0 Å². The van der Waals surface area contributed by atoms with Crippen molar-refractivity contribution in [2.45, 2.75) is 63.3 Å². The average Bonchev–Trinajstić information content (AvgIpc) is 2.73. The van der Waals surface area contributed by atoms with Gasteiger partial charge in [-0.3, -0.25) is 9.59 Å². The summed E-state index contributed by atoms with van der Waals surface area (Å²) in [5.74, 6) is -1.80. The lowest BCUT2D eigenvalue weighted by atomic mass is 9.82. The van der Waals surface area contributed by atoms with E-state index < -0.39 is 49.6 Å². The van der Waals surface area contributed by atoms with Crippen molar-refractivity contribution in [1.82, 2.24) is 10.2 Å². The molecule has 0 bridgehead atoms. The first-order valence-corrected chi connectivity index (χ1v) is 10.9. The molecule has 2 aliphatic heterocycles. The summed E-state index contributed by atoms with van der Waals surface area (Å²) in [6, 6.07) is 0. The summed E-state index contributed by atoms with van der Waals surface area (Å²) in [4.78, 5) is 37.9. The molecular formula is C18H30N2O7S. The molecule has 0 aliphatic carbocycles. The van der Waals surface area contributed by atoms with Crippen molar-refractivity contribution in [3.8, 4) is 0 Å². The van der Waals surface area contributed by atoms with Gasteiger partial charge in [0.25, 0.3) is 0 Å². The standard InChI is InChI=1S/C18H30N2O7S/c1-16(2,3)27-15(23)20-10-18(11-20)12(7-8-28(18,24)25)14(22)19-17(4,5)9-13(21)26-6/h12H,7-11H2,1-6H3,(H,19,22). The maximum Gasteiger partial charge on any atom is 0.410 e. The van der Waals surface area contributed by atoms with Crippen molar-refractivity contribution < 1.29 is 32.3 Å². The number of hydrogen-bond acceptors (Lipinski definition) is 7. The SMILES string of the molecule is COC(=O)CC(C)(C)NC(=O)C1CCS(=O)(=O)C12CN(C(=O)OC(C)(C)C)C2. The highest BCUT2D eigenvalue weighted by Crippen LogP contribution is 2.45. The maximum absolute atomic E-state index is 12.9. The normalized spacial score (nSPS) is 23.1. The lowest BCUT2D eigenvalue weighted by Gasteiger charge is -2.49. The van der Waals surface area contributed by atoms with Crippen LogP contribution < -0.4 is 5.32 Å². The van der Waals surface area contributed by atoms with Gasteiger partial charge in [0.1, 0.15) is 10.3 Å². The van der Waals surface area contributed by atoms with Crippen LogP contribution in [0.1, 0.15) is 47.5 Å². The van der Waals surface area contributed by atoms with Crippen molar-refractivity contribution >= 4 is 27.8 Å². The molecule has 1 spiro atoms. The number of amides is 2. The molecule has 0 radical (unpaired) electrons. The molecule has 0 aromatic rings. The summed E-state index contributed by atoms with van der Waals surface area (Å²) >= 11 is 0. The highest BCUT2D eigenvalue weighted by atomic mass is 32.2. The van der Waals surface area contributed by atoms with Gasteiger partial charge in [0.15, 0.2) is 9.84 Å². The molecule has 9 nitrogen and oxygen atoms in total. The number of likely N-dealkylation sites (tertiary alicyclic amines) is 1. The fourth-order valence-corrected chi connectivity index (χ4v) is 6.01. The van der Waals surface area contributed by atoms with Gasteiger partial charge in [0.05, 0.1) is 25.2 Å². The first kappa shape index (κ1) is 22.4. The van der Waals surface area contributed by atoms with Crippen LogP contribution in [-0.2, 0) is 28.9 Å². The summed E-state index contributed by atoms with van der Waals surface area (Å²) in [6.45, 7) is 8.39. The predicted octanol–water partition coefficient (Wildman–Crippen LogP) is 0.869. The van der Waals surface area contributed by atoms with Crippen LogP contribution in [0.2, 0.25) is 0 Å². The Morgan fingerprint density at radius 1 is 1.14 bits per heavy atom. The zero-order chi connectivity index (χ0) is 21.5. The Morgan fingerprint density at radius 3 is 2.21 bits per heavy atom. The number of sulfone groups is 1. The molecule has 2 saturated heterocycles. The first-order chi connectivity index (χ1) is 12.6. The van der Waals surface area contributed by atoms with Gasteiger partial charge in [-0.25, -0.2) is 13.2 Å². The Balaban J connectivity index is 2.12. The molecule has 0 aromatic heterocycles. The number of carbonyl (C=O) groups excluding carboxylic acids is 3. The van der Waals surface area contributed by atoms with Crippen LogP contribution in [0.25, 0.3) is 0 Å². The van der Waals surface area contributed by atoms with Gasteiger partial charge in [0, 0.05) is 18.6 Å². The molecule has 28 heavy (non-hydrogen) atoms. The molecule has 160 valence electrons. The molecule has 1 atom stereocenters.